The van der Waals surface area contributed by atoms with Crippen LogP contribution in [0.2, 0.25) is 0 Å². The standard InChI is InChI=1S/C17H23N3O/c1-12-11-20(2)9-7-16(12)19-17-15-5-4-14(21-3)10-13(15)6-8-18-17/h4-6,8,10,12,16H,7,9,11H2,1-3H3,(H,18,19). The van der Waals surface area contributed by atoms with E-state index in [1.165, 1.54) is 0 Å². The minimum absolute atomic E-state index is 0.487. The van der Waals surface area contributed by atoms with Crippen LogP contribution < -0.4 is 10.1 Å². The predicted octanol–water partition coefficient (Wildman–Crippen LogP) is 3.00. The molecule has 1 aromatic carbocycles. The number of methoxy groups -OCH3 is 1. The number of nitrogens with one attached hydrogen (secondary N) is 1. The number of anilines is 1. The summed E-state index contributed by atoms with van der Waals surface area (Å²) < 4.78 is 5.29. The van der Waals surface area contributed by atoms with E-state index in [1.807, 2.05) is 18.3 Å². The first-order valence-corrected chi connectivity index (χ1v) is 7.55. The third kappa shape index (κ3) is 2.95. The van der Waals surface area contributed by atoms with Crippen LogP contribution in [0, 0.1) is 5.92 Å². The van der Waals surface area contributed by atoms with E-state index >= 15 is 0 Å². The van der Waals surface area contributed by atoms with E-state index in [-0.39, 0.29) is 0 Å². The molecule has 112 valence electrons. The van der Waals surface area contributed by atoms with Crippen LogP contribution in [-0.4, -0.2) is 43.2 Å². The average Bonchev–Trinajstić information content (AvgIpc) is 2.49. The number of likely N-dealkylation sites (tertiary alicyclic amines) is 1. The molecule has 4 nitrogen and oxygen atoms in total. The summed E-state index contributed by atoms with van der Waals surface area (Å²) in [4.78, 5) is 6.94. The summed E-state index contributed by atoms with van der Waals surface area (Å²) in [7, 11) is 3.89. The number of hydrogen-bond donors (Lipinski definition) is 1. The molecule has 0 saturated carbocycles. The molecule has 21 heavy (non-hydrogen) atoms. The van der Waals surface area contributed by atoms with Crippen LogP contribution in [0.3, 0.4) is 0 Å². The molecule has 0 bridgehead atoms. The van der Waals surface area contributed by atoms with Gasteiger partial charge in [0.25, 0.3) is 0 Å². The quantitative estimate of drug-likeness (QED) is 0.940. The van der Waals surface area contributed by atoms with E-state index in [0.717, 1.165) is 41.9 Å². The van der Waals surface area contributed by atoms with Crippen molar-refractivity contribution in [3.8, 4) is 5.75 Å². The molecular formula is C17H23N3O. The number of ether oxygens (including phenoxy) is 1. The lowest BCUT2D eigenvalue weighted by molar-refractivity contribution is 0.206. The minimum Gasteiger partial charge on any atom is -0.497 e. The molecule has 2 aromatic rings. The van der Waals surface area contributed by atoms with Crippen molar-refractivity contribution in [1.82, 2.24) is 9.88 Å². The maximum absolute atomic E-state index is 5.29. The summed E-state index contributed by atoms with van der Waals surface area (Å²) in [5, 5.41) is 5.97. The summed E-state index contributed by atoms with van der Waals surface area (Å²) in [6.07, 6.45) is 3.02. The Morgan fingerprint density at radius 2 is 2.19 bits per heavy atom. The zero-order valence-corrected chi connectivity index (χ0v) is 13.0. The third-order valence-electron chi connectivity index (χ3n) is 4.40. The van der Waals surface area contributed by atoms with Gasteiger partial charge in [-0.15, -0.1) is 0 Å². The van der Waals surface area contributed by atoms with E-state index in [0.29, 0.717) is 12.0 Å². The van der Waals surface area contributed by atoms with Crippen molar-refractivity contribution in [1.29, 1.82) is 0 Å². The van der Waals surface area contributed by atoms with Crippen molar-refractivity contribution in [2.45, 2.75) is 19.4 Å². The average molecular weight is 285 g/mol. The van der Waals surface area contributed by atoms with Gasteiger partial charge in [-0.1, -0.05) is 6.92 Å². The summed E-state index contributed by atoms with van der Waals surface area (Å²) in [5.41, 5.74) is 0. The first kappa shape index (κ1) is 14.1. The Hall–Kier alpha value is -1.81. The predicted molar refractivity (Wildman–Crippen MR) is 87.0 cm³/mol. The van der Waals surface area contributed by atoms with Crippen LogP contribution in [0.25, 0.3) is 10.8 Å². The van der Waals surface area contributed by atoms with Gasteiger partial charge in [0.2, 0.25) is 0 Å². The second-order valence-electron chi connectivity index (χ2n) is 6.03. The highest BCUT2D eigenvalue weighted by atomic mass is 16.5. The molecule has 2 heterocycles. The molecule has 2 atom stereocenters. The van der Waals surface area contributed by atoms with E-state index in [2.05, 4.69) is 41.3 Å². The fraction of sp³-hybridized carbons (Fsp3) is 0.471. The zero-order chi connectivity index (χ0) is 14.8. The van der Waals surface area contributed by atoms with E-state index in [9.17, 15) is 0 Å². The van der Waals surface area contributed by atoms with Crippen molar-refractivity contribution in [3.63, 3.8) is 0 Å². The summed E-state index contributed by atoms with van der Waals surface area (Å²) in [6.45, 7) is 4.58. The van der Waals surface area contributed by atoms with Gasteiger partial charge in [-0.05, 0) is 55.6 Å². The van der Waals surface area contributed by atoms with Gasteiger partial charge in [0.1, 0.15) is 11.6 Å². The zero-order valence-electron chi connectivity index (χ0n) is 13.0. The third-order valence-corrected chi connectivity index (χ3v) is 4.40. The number of pyridine rings is 1. The largest absolute Gasteiger partial charge is 0.497 e. The summed E-state index contributed by atoms with van der Waals surface area (Å²) in [6, 6.07) is 8.65. The first-order chi connectivity index (χ1) is 10.2. The molecule has 0 radical (unpaired) electrons. The molecule has 1 saturated heterocycles. The first-order valence-electron chi connectivity index (χ1n) is 7.55. The number of benzene rings is 1. The van der Waals surface area contributed by atoms with E-state index in [1.54, 1.807) is 7.11 Å². The van der Waals surface area contributed by atoms with Crippen LogP contribution in [0.5, 0.6) is 5.75 Å². The second-order valence-corrected chi connectivity index (χ2v) is 6.03. The SMILES string of the molecule is COc1ccc2c(NC3CCN(C)CC3C)nccc2c1. The maximum atomic E-state index is 5.29. The van der Waals surface area contributed by atoms with Gasteiger partial charge in [0.15, 0.2) is 0 Å². The Labute approximate surface area is 126 Å². The number of aromatic nitrogens is 1. The van der Waals surface area contributed by atoms with Crippen molar-refractivity contribution in [2.75, 3.05) is 32.6 Å². The van der Waals surface area contributed by atoms with Gasteiger partial charge >= 0.3 is 0 Å². The van der Waals surface area contributed by atoms with E-state index < -0.39 is 0 Å². The molecule has 1 N–H and O–H groups in total. The highest BCUT2D eigenvalue weighted by Crippen LogP contribution is 2.27. The lowest BCUT2D eigenvalue weighted by Crippen LogP contribution is -2.43. The number of rotatable bonds is 3. The van der Waals surface area contributed by atoms with Crippen LogP contribution in [0.1, 0.15) is 13.3 Å². The monoisotopic (exact) mass is 285 g/mol. The number of piperidine rings is 1. The normalized spacial score (nSPS) is 23.2. The highest BCUT2D eigenvalue weighted by Gasteiger charge is 2.24. The Kier molecular flexibility index (Phi) is 3.97. The number of hydrogen-bond acceptors (Lipinski definition) is 4. The topological polar surface area (TPSA) is 37.4 Å². The Bertz CT molecular complexity index is 628. The van der Waals surface area contributed by atoms with Crippen LogP contribution in [0.4, 0.5) is 5.82 Å². The van der Waals surface area contributed by atoms with Gasteiger partial charge in [-0.3, -0.25) is 0 Å². The molecule has 4 heteroatoms. The molecule has 3 rings (SSSR count). The highest BCUT2D eigenvalue weighted by molar-refractivity contribution is 5.92. The summed E-state index contributed by atoms with van der Waals surface area (Å²) in [5.74, 6) is 2.49. The molecule has 1 aliphatic heterocycles. The van der Waals surface area contributed by atoms with E-state index in [4.69, 9.17) is 4.74 Å². The lowest BCUT2D eigenvalue weighted by atomic mass is 9.94. The molecule has 2 unspecified atom stereocenters. The molecule has 1 aliphatic rings. The van der Waals surface area contributed by atoms with Crippen molar-refractivity contribution >= 4 is 16.6 Å². The van der Waals surface area contributed by atoms with Crippen molar-refractivity contribution in [3.05, 3.63) is 30.5 Å². The van der Waals surface area contributed by atoms with Gasteiger partial charge in [-0.25, -0.2) is 4.98 Å². The van der Waals surface area contributed by atoms with Gasteiger partial charge in [-0.2, -0.15) is 0 Å². The number of fused-ring (bicyclic) bond motifs is 1. The van der Waals surface area contributed by atoms with Crippen LogP contribution in [0.15, 0.2) is 30.5 Å². The van der Waals surface area contributed by atoms with Crippen LogP contribution in [-0.2, 0) is 0 Å². The Morgan fingerprint density at radius 3 is 2.95 bits per heavy atom. The molecule has 1 aromatic heterocycles. The Balaban J connectivity index is 1.87. The van der Waals surface area contributed by atoms with Crippen molar-refractivity contribution < 1.29 is 4.74 Å². The smallest absolute Gasteiger partial charge is 0.134 e. The molecule has 0 amide bonds. The molecule has 0 aliphatic carbocycles. The fourth-order valence-electron chi connectivity index (χ4n) is 3.14. The second kappa shape index (κ2) is 5.90. The van der Waals surface area contributed by atoms with Gasteiger partial charge in [0, 0.05) is 24.2 Å². The number of nitrogens with zero attached hydrogens (tertiary/aromatic N) is 2. The maximum Gasteiger partial charge on any atom is 0.134 e. The molecule has 0 spiro atoms. The lowest BCUT2D eigenvalue weighted by Gasteiger charge is -2.35. The summed E-state index contributed by atoms with van der Waals surface area (Å²) >= 11 is 0. The Morgan fingerprint density at radius 1 is 1.33 bits per heavy atom. The minimum atomic E-state index is 0.487. The van der Waals surface area contributed by atoms with Gasteiger partial charge in [0.05, 0.1) is 7.11 Å². The van der Waals surface area contributed by atoms with Gasteiger partial charge < -0.3 is 15.0 Å². The molecular weight excluding hydrogens is 262 g/mol. The fourth-order valence-corrected chi connectivity index (χ4v) is 3.14. The molecule has 1 fully saturated rings. The van der Waals surface area contributed by atoms with Crippen LogP contribution >= 0.6 is 0 Å². The van der Waals surface area contributed by atoms with Crippen molar-refractivity contribution in [2.24, 2.45) is 5.92 Å².